The van der Waals surface area contributed by atoms with Gasteiger partial charge in [-0.3, -0.25) is 14.5 Å². The Morgan fingerprint density at radius 1 is 1.45 bits per heavy atom. The van der Waals surface area contributed by atoms with Crippen LogP contribution < -0.4 is 22.5 Å². The van der Waals surface area contributed by atoms with Crippen LogP contribution in [-0.4, -0.2) is 92.1 Å². The number of β-lactam (4-membered cyclic amide) rings is 1. The molecule has 38 heavy (non-hydrogen) atoms. The monoisotopic (exact) mass is 577 g/mol. The van der Waals surface area contributed by atoms with E-state index in [2.05, 4.69) is 26.4 Å². The van der Waals surface area contributed by atoms with Gasteiger partial charge in [-0.2, -0.15) is 0 Å². The molecule has 2 amide bonds. The Hall–Kier alpha value is -3.72. The van der Waals surface area contributed by atoms with Gasteiger partial charge in [-0.25, -0.2) is 14.8 Å². The van der Waals surface area contributed by atoms with Crippen molar-refractivity contribution in [3.63, 3.8) is 0 Å². The second-order valence-electron chi connectivity index (χ2n) is 7.97. The fraction of sp³-hybridized carbons (Fsp3) is 0.333. The lowest BCUT2D eigenvalue weighted by Crippen LogP contribution is -2.71. The Balaban J connectivity index is 1.48. The number of anilines is 1. The Bertz CT molecular complexity index is 1330. The van der Waals surface area contributed by atoms with Crippen LogP contribution in [-0.2, 0) is 19.2 Å². The predicted octanol–water partition coefficient (Wildman–Crippen LogP) is -1.06. The smallest absolute Gasteiger partial charge is 0.352 e. The Kier molecular flexibility index (Phi) is 8.16. The molecule has 1 saturated heterocycles. The first-order chi connectivity index (χ1) is 18.1. The van der Waals surface area contributed by atoms with Gasteiger partial charge in [0.1, 0.15) is 29.0 Å². The molecule has 3 aliphatic rings. The van der Waals surface area contributed by atoms with E-state index in [-0.39, 0.29) is 40.6 Å². The summed E-state index contributed by atoms with van der Waals surface area (Å²) in [5.41, 5.74) is 17.9. The van der Waals surface area contributed by atoms with Crippen molar-refractivity contribution in [1.29, 1.82) is 0 Å². The molecule has 14 nitrogen and oxygen atoms in total. The highest BCUT2D eigenvalue weighted by Crippen LogP contribution is 2.41. The number of carbonyl (C=O) groups excluding carboxylic acids is 2. The third kappa shape index (κ3) is 5.43. The minimum absolute atomic E-state index is 0.120. The second-order valence-corrected chi connectivity index (χ2v) is 11.0. The minimum Gasteiger partial charge on any atom is -0.477 e. The Labute approximate surface area is 229 Å². The molecule has 0 aliphatic carbocycles. The summed E-state index contributed by atoms with van der Waals surface area (Å²) in [6.45, 7) is -0.185. The van der Waals surface area contributed by atoms with Gasteiger partial charge in [0.05, 0.1) is 5.03 Å². The van der Waals surface area contributed by atoms with Crippen LogP contribution in [0.2, 0.25) is 0 Å². The number of amides is 2. The van der Waals surface area contributed by atoms with E-state index in [0.717, 1.165) is 11.3 Å². The van der Waals surface area contributed by atoms with Crippen molar-refractivity contribution in [2.75, 3.05) is 30.9 Å². The zero-order valence-corrected chi connectivity index (χ0v) is 22.3. The Morgan fingerprint density at radius 2 is 2.21 bits per heavy atom. The summed E-state index contributed by atoms with van der Waals surface area (Å²) < 4.78 is 0. The van der Waals surface area contributed by atoms with Crippen molar-refractivity contribution in [1.82, 2.24) is 20.1 Å². The third-order valence-electron chi connectivity index (χ3n) is 5.56. The maximum Gasteiger partial charge on any atom is 0.352 e. The molecule has 0 aromatic carbocycles. The lowest BCUT2D eigenvalue weighted by Gasteiger charge is -2.49. The van der Waals surface area contributed by atoms with E-state index >= 15 is 0 Å². The van der Waals surface area contributed by atoms with Crippen molar-refractivity contribution in [2.45, 2.75) is 17.6 Å². The van der Waals surface area contributed by atoms with Gasteiger partial charge in [-0.15, -0.1) is 41.3 Å². The van der Waals surface area contributed by atoms with Crippen LogP contribution in [0.5, 0.6) is 0 Å². The molecule has 0 radical (unpaired) electrons. The lowest BCUT2D eigenvalue weighted by molar-refractivity contribution is -0.150. The van der Waals surface area contributed by atoms with E-state index in [9.17, 15) is 19.5 Å². The van der Waals surface area contributed by atoms with Gasteiger partial charge < -0.3 is 37.4 Å². The molecule has 0 spiro atoms. The van der Waals surface area contributed by atoms with Crippen LogP contribution in [0.3, 0.4) is 0 Å². The number of nitrogens with zero attached hydrogens (tertiary/aromatic N) is 5. The number of carbonyl (C=O) groups is 3. The number of carboxylic acid groups (broad SMARTS) is 1. The number of hydrogen-bond donors (Lipinski definition) is 5. The van der Waals surface area contributed by atoms with Crippen LogP contribution in [0.25, 0.3) is 0 Å². The van der Waals surface area contributed by atoms with E-state index in [1.54, 1.807) is 18.0 Å². The maximum absolute atomic E-state index is 13.0. The molecule has 1 unspecified atom stereocenters. The summed E-state index contributed by atoms with van der Waals surface area (Å²) in [4.78, 5) is 54.2. The Morgan fingerprint density at radius 3 is 2.84 bits per heavy atom. The lowest BCUT2D eigenvalue weighted by atomic mass is 10.0. The van der Waals surface area contributed by atoms with E-state index in [1.165, 1.54) is 33.8 Å². The van der Waals surface area contributed by atoms with Gasteiger partial charge in [0.2, 0.25) is 0 Å². The predicted molar refractivity (Wildman–Crippen MR) is 145 cm³/mol. The number of thioether (sulfide) groups is 2. The van der Waals surface area contributed by atoms with E-state index < -0.39 is 35.4 Å². The number of guanidine groups is 1. The summed E-state index contributed by atoms with van der Waals surface area (Å²) in [5.74, 6) is 0.500. The maximum atomic E-state index is 13.0. The average Bonchev–Trinajstić information content (AvgIpc) is 3.31. The number of oxime groups is 1. The summed E-state index contributed by atoms with van der Waals surface area (Å²) in [5, 5.41) is 17.9. The fourth-order valence-electron chi connectivity index (χ4n) is 3.62. The zero-order chi connectivity index (χ0) is 27.6. The number of aromatic nitrogens is 1. The molecular formula is C21H23N9O5S3. The van der Waals surface area contributed by atoms with Crippen LogP contribution in [0.1, 0.15) is 5.69 Å². The van der Waals surface area contributed by atoms with E-state index in [0.29, 0.717) is 16.4 Å². The molecule has 3 aliphatic heterocycles. The molecule has 3 atom stereocenters. The fourth-order valence-corrected chi connectivity index (χ4v) is 6.60. The standard InChI is InChI=1S/C21H23N9O5S3/c1-3-4-35-28-13(10-8-38-21(24)25-10)16(31)27-14-17(32)30-15(19(33)34)9(7-37-18(14)30)6-36-12-5-11(22)29(2)20(23)26-12/h1,5,8,11,14,18H,4,6-7,22H2,2H3,(H2,23,26)(H2,24,25)(H,27,31)(H,33,34)/b28-13-/t11?,14-,18-/m1/s1. The summed E-state index contributed by atoms with van der Waals surface area (Å²) in [6.07, 6.45) is 6.41. The molecule has 1 aromatic heterocycles. The minimum atomic E-state index is -1.25. The summed E-state index contributed by atoms with van der Waals surface area (Å²) in [6, 6.07) is -0.983. The normalized spacial score (nSPS) is 23.1. The number of hydrogen-bond acceptors (Lipinski definition) is 14. The molecule has 200 valence electrons. The van der Waals surface area contributed by atoms with Crippen molar-refractivity contribution in [3.05, 3.63) is 33.4 Å². The number of nitrogen functional groups attached to an aromatic ring is 1. The van der Waals surface area contributed by atoms with Crippen LogP contribution >= 0.6 is 34.9 Å². The van der Waals surface area contributed by atoms with E-state index in [1.807, 2.05) is 0 Å². The van der Waals surface area contributed by atoms with Gasteiger partial charge in [0, 0.05) is 23.9 Å². The first-order valence-corrected chi connectivity index (χ1v) is 13.8. The third-order valence-corrected chi connectivity index (χ3v) is 8.59. The highest BCUT2D eigenvalue weighted by molar-refractivity contribution is 8.03. The van der Waals surface area contributed by atoms with Crippen molar-refractivity contribution in [2.24, 2.45) is 21.6 Å². The molecule has 17 heteroatoms. The molecular weight excluding hydrogens is 554 g/mol. The molecule has 0 bridgehead atoms. The number of thiazole rings is 1. The molecule has 4 heterocycles. The van der Waals surface area contributed by atoms with Gasteiger partial charge in [0.25, 0.3) is 11.8 Å². The van der Waals surface area contributed by atoms with Crippen molar-refractivity contribution < 1.29 is 24.3 Å². The molecule has 1 aromatic rings. The number of likely N-dealkylation sites (N-methyl/N-ethyl adjacent to an activating group) is 1. The first-order valence-electron chi connectivity index (χ1n) is 10.8. The SMILES string of the molecule is C#CCO/N=C(\C(=O)N[C@@H]1C(=O)N2C(C(=O)O)=C(CSC3=CC(N)N(C)C(N)=N3)CS[C@H]12)c1csc(N)n1. The van der Waals surface area contributed by atoms with Gasteiger partial charge in [-0.1, -0.05) is 11.1 Å². The highest BCUT2D eigenvalue weighted by Gasteiger charge is 2.54. The second kappa shape index (κ2) is 11.3. The van der Waals surface area contributed by atoms with Crippen molar-refractivity contribution in [3.8, 4) is 12.3 Å². The van der Waals surface area contributed by atoms with Crippen LogP contribution in [0.15, 0.2) is 37.9 Å². The van der Waals surface area contributed by atoms with Gasteiger partial charge >= 0.3 is 5.97 Å². The number of terminal acetylenes is 1. The van der Waals surface area contributed by atoms with Crippen LogP contribution in [0, 0.1) is 12.3 Å². The molecule has 8 N–H and O–H groups in total. The zero-order valence-electron chi connectivity index (χ0n) is 19.9. The highest BCUT2D eigenvalue weighted by atomic mass is 32.2. The average molecular weight is 578 g/mol. The number of carboxylic acids is 1. The molecule has 4 rings (SSSR count). The molecule has 0 saturated carbocycles. The van der Waals surface area contributed by atoms with Gasteiger partial charge in [-0.05, 0) is 11.6 Å². The first kappa shape index (κ1) is 27.3. The molecule has 1 fully saturated rings. The summed E-state index contributed by atoms with van der Waals surface area (Å²) >= 11 is 3.70. The quantitative estimate of drug-likeness (QED) is 0.0780. The number of rotatable bonds is 9. The number of fused-ring (bicyclic) bond motifs is 1. The van der Waals surface area contributed by atoms with E-state index in [4.69, 9.17) is 28.5 Å². The van der Waals surface area contributed by atoms with Crippen molar-refractivity contribution >= 4 is 69.4 Å². The number of aliphatic carboxylic acids is 1. The van der Waals surface area contributed by atoms with Gasteiger partial charge in [0.15, 0.2) is 23.4 Å². The number of aliphatic imine (C=N–C) groups is 1. The number of nitrogens with one attached hydrogen (secondary N) is 1. The number of nitrogens with two attached hydrogens (primary N) is 3. The summed E-state index contributed by atoms with van der Waals surface area (Å²) in [7, 11) is 1.71. The largest absolute Gasteiger partial charge is 0.477 e. The topological polar surface area (TPSA) is 215 Å². The van der Waals surface area contributed by atoms with Crippen LogP contribution in [0.4, 0.5) is 5.13 Å².